The fourth-order valence-corrected chi connectivity index (χ4v) is 1.55. The average Bonchev–Trinajstić information content (AvgIpc) is 2.32. The van der Waals surface area contributed by atoms with Crippen molar-refractivity contribution in [2.24, 2.45) is 5.41 Å². The molecule has 2 amide bonds. The predicted octanol–water partition coefficient (Wildman–Crippen LogP) is 3.16. The molecule has 1 aromatic carbocycles. The van der Waals surface area contributed by atoms with Crippen molar-refractivity contribution in [3.63, 3.8) is 0 Å². The Bertz CT molecular complexity index is 498. The molecule has 0 unspecified atom stereocenters. The van der Waals surface area contributed by atoms with Gasteiger partial charge < -0.3 is 10.6 Å². The summed E-state index contributed by atoms with van der Waals surface area (Å²) in [5.74, 6) is -0.000690. The zero-order chi connectivity index (χ0) is 14.6. The molecule has 0 aliphatic heterocycles. The third-order valence-electron chi connectivity index (χ3n) is 2.74. The summed E-state index contributed by atoms with van der Waals surface area (Å²) < 4.78 is 0. The van der Waals surface area contributed by atoms with Crippen molar-refractivity contribution < 1.29 is 9.59 Å². The summed E-state index contributed by atoms with van der Waals surface area (Å²) in [7, 11) is 0. The molecule has 0 saturated carbocycles. The number of rotatable bonds is 4. The van der Waals surface area contributed by atoms with E-state index < -0.39 is 5.41 Å². The molecular weight excluding hydrogens is 264 g/mol. The monoisotopic (exact) mass is 282 g/mol. The standard InChI is InChI=1S/C14H19ClN2O2/c1-9-7-11(5-6-12(9)16-10(2)18)17-13(19)14(3,4)8-15/h5-7H,8H2,1-4H3,(H,16,18)(H,17,19). The summed E-state index contributed by atoms with van der Waals surface area (Å²) in [6.07, 6.45) is 0. The number of nitrogens with one attached hydrogen (secondary N) is 2. The molecule has 0 fully saturated rings. The number of alkyl halides is 1. The number of hydrogen-bond donors (Lipinski definition) is 2. The summed E-state index contributed by atoms with van der Waals surface area (Å²) in [5, 5.41) is 5.54. The van der Waals surface area contributed by atoms with Gasteiger partial charge in [-0.3, -0.25) is 9.59 Å². The van der Waals surface area contributed by atoms with Gasteiger partial charge in [0.15, 0.2) is 0 Å². The van der Waals surface area contributed by atoms with Crippen LogP contribution in [0.25, 0.3) is 0 Å². The van der Waals surface area contributed by atoms with Gasteiger partial charge in [0, 0.05) is 24.2 Å². The molecule has 0 atom stereocenters. The number of hydrogen-bond acceptors (Lipinski definition) is 2. The highest BCUT2D eigenvalue weighted by Crippen LogP contribution is 2.23. The second kappa shape index (κ2) is 6.06. The first kappa shape index (κ1) is 15.5. The summed E-state index contributed by atoms with van der Waals surface area (Å²) in [4.78, 5) is 23.0. The van der Waals surface area contributed by atoms with E-state index in [0.29, 0.717) is 5.69 Å². The predicted molar refractivity (Wildman–Crippen MR) is 78.6 cm³/mol. The van der Waals surface area contributed by atoms with E-state index in [9.17, 15) is 9.59 Å². The number of amides is 2. The molecule has 0 heterocycles. The average molecular weight is 283 g/mol. The SMILES string of the molecule is CC(=O)Nc1ccc(NC(=O)C(C)(C)CCl)cc1C. The third kappa shape index (κ3) is 4.24. The molecular formula is C14H19ClN2O2. The van der Waals surface area contributed by atoms with E-state index in [0.717, 1.165) is 11.3 Å². The molecule has 5 heteroatoms. The molecule has 19 heavy (non-hydrogen) atoms. The van der Waals surface area contributed by atoms with Crippen LogP contribution in [0, 0.1) is 12.3 Å². The van der Waals surface area contributed by atoms with Crippen molar-refractivity contribution in [1.82, 2.24) is 0 Å². The van der Waals surface area contributed by atoms with Crippen molar-refractivity contribution in [3.05, 3.63) is 23.8 Å². The molecule has 0 saturated heterocycles. The highest BCUT2D eigenvalue weighted by atomic mass is 35.5. The summed E-state index contributed by atoms with van der Waals surface area (Å²) in [5.41, 5.74) is 1.69. The Labute approximate surface area is 118 Å². The van der Waals surface area contributed by atoms with Crippen LogP contribution in [0.15, 0.2) is 18.2 Å². The molecule has 1 aromatic rings. The molecule has 0 aromatic heterocycles. The van der Waals surface area contributed by atoms with Crippen LogP contribution in [0.2, 0.25) is 0 Å². The van der Waals surface area contributed by atoms with E-state index in [1.807, 2.05) is 13.0 Å². The lowest BCUT2D eigenvalue weighted by Crippen LogP contribution is -2.32. The Morgan fingerprint density at radius 2 is 1.89 bits per heavy atom. The molecule has 2 N–H and O–H groups in total. The van der Waals surface area contributed by atoms with E-state index in [-0.39, 0.29) is 17.7 Å². The largest absolute Gasteiger partial charge is 0.326 e. The fourth-order valence-electron chi connectivity index (χ4n) is 1.43. The first-order chi connectivity index (χ1) is 8.76. The van der Waals surface area contributed by atoms with Crippen molar-refractivity contribution in [2.75, 3.05) is 16.5 Å². The van der Waals surface area contributed by atoms with Crippen LogP contribution in [0.4, 0.5) is 11.4 Å². The number of carbonyl (C=O) groups is 2. The van der Waals surface area contributed by atoms with Gasteiger partial charge in [0.1, 0.15) is 0 Å². The summed E-state index contributed by atoms with van der Waals surface area (Å²) in [6.45, 7) is 6.90. The Morgan fingerprint density at radius 3 is 2.37 bits per heavy atom. The van der Waals surface area contributed by atoms with E-state index in [4.69, 9.17) is 11.6 Å². The van der Waals surface area contributed by atoms with E-state index in [1.165, 1.54) is 6.92 Å². The molecule has 0 aliphatic carbocycles. The second-order valence-corrected chi connectivity index (χ2v) is 5.45. The first-order valence-corrected chi connectivity index (χ1v) is 6.55. The van der Waals surface area contributed by atoms with Gasteiger partial charge in [0.2, 0.25) is 11.8 Å². The maximum Gasteiger partial charge on any atom is 0.231 e. The Hall–Kier alpha value is -1.55. The smallest absolute Gasteiger partial charge is 0.231 e. The molecule has 0 aliphatic rings. The minimum atomic E-state index is -0.619. The quantitative estimate of drug-likeness (QED) is 0.834. The molecule has 0 spiro atoms. The highest BCUT2D eigenvalue weighted by Gasteiger charge is 2.26. The zero-order valence-electron chi connectivity index (χ0n) is 11.6. The minimum Gasteiger partial charge on any atom is -0.326 e. The number of benzene rings is 1. The topological polar surface area (TPSA) is 58.2 Å². The Kier molecular flexibility index (Phi) is 4.95. The van der Waals surface area contributed by atoms with Crippen molar-refractivity contribution in [3.8, 4) is 0 Å². The number of aryl methyl sites for hydroxylation is 1. The van der Waals surface area contributed by atoms with Gasteiger partial charge in [0.25, 0.3) is 0 Å². The van der Waals surface area contributed by atoms with Crippen LogP contribution >= 0.6 is 11.6 Å². The third-order valence-corrected chi connectivity index (χ3v) is 3.41. The van der Waals surface area contributed by atoms with Gasteiger partial charge >= 0.3 is 0 Å². The number of halogens is 1. The van der Waals surface area contributed by atoms with E-state index >= 15 is 0 Å². The van der Waals surface area contributed by atoms with Gasteiger partial charge in [-0.25, -0.2) is 0 Å². The maximum atomic E-state index is 12.0. The Balaban J connectivity index is 2.85. The molecule has 104 valence electrons. The van der Waals surface area contributed by atoms with Gasteiger partial charge in [-0.1, -0.05) is 0 Å². The lowest BCUT2D eigenvalue weighted by atomic mass is 9.95. The van der Waals surface area contributed by atoms with Gasteiger partial charge in [-0.05, 0) is 44.5 Å². The lowest BCUT2D eigenvalue weighted by Gasteiger charge is -2.20. The molecule has 4 nitrogen and oxygen atoms in total. The van der Waals surface area contributed by atoms with Gasteiger partial charge in [-0.2, -0.15) is 0 Å². The molecule has 1 rings (SSSR count). The summed E-state index contributed by atoms with van der Waals surface area (Å²) in [6, 6.07) is 5.33. The van der Waals surface area contributed by atoms with Crippen LogP contribution in [0.1, 0.15) is 26.3 Å². The molecule has 0 radical (unpaired) electrons. The zero-order valence-corrected chi connectivity index (χ0v) is 12.4. The normalized spacial score (nSPS) is 11.0. The van der Waals surface area contributed by atoms with E-state index in [2.05, 4.69) is 10.6 Å². The second-order valence-electron chi connectivity index (χ2n) is 5.18. The first-order valence-electron chi connectivity index (χ1n) is 6.02. The van der Waals surface area contributed by atoms with Crippen LogP contribution in [0.3, 0.4) is 0 Å². The Morgan fingerprint density at radius 1 is 1.26 bits per heavy atom. The highest BCUT2D eigenvalue weighted by molar-refractivity contribution is 6.20. The fraction of sp³-hybridized carbons (Fsp3) is 0.429. The maximum absolute atomic E-state index is 12.0. The van der Waals surface area contributed by atoms with Gasteiger partial charge in [-0.15, -0.1) is 11.6 Å². The minimum absolute atomic E-state index is 0.122. The number of carbonyl (C=O) groups excluding carboxylic acids is 2. The van der Waals surface area contributed by atoms with Crippen LogP contribution in [-0.2, 0) is 9.59 Å². The van der Waals surface area contributed by atoms with E-state index in [1.54, 1.807) is 26.0 Å². The van der Waals surface area contributed by atoms with Crippen molar-refractivity contribution in [1.29, 1.82) is 0 Å². The molecule has 0 bridgehead atoms. The van der Waals surface area contributed by atoms with Crippen molar-refractivity contribution in [2.45, 2.75) is 27.7 Å². The van der Waals surface area contributed by atoms with Crippen LogP contribution < -0.4 is 10.6 Å². The van der Waals surface area contributed by atoms with Crippen LogP contribution in [0.5, 0.6) is 0 Å². The van der Waals surface area contributed by atoms with Crippen LogP contribution in [-0.4, -0.2) is 17.7 Å². The van der Waals surface area contributed by atoms with Gasteiger partial charge in [0.05, 0.1) is 5.41 Å². The van der Waals surface area contributed by atoms with Crippen molar-refractivity contribution >= 4 is 34.8 Å². The summed E-state index contributed by atoms with van der Waals surface area (Å²) >= 11 is 5.76. The number of anilines is 2. The lowest BCUT2D eigenvalue weighted by molar-refractivity contribution is -0.123.